The highest BCUT2D eigenvalue weighted by Gasteiger charge is 2.72. The number of phenolic OH excluding ortho intramolecular Hbond substituents is 1. The van der Waals surface area contributed by atoms with Crippen molar-refractivity contribution in [3.8, 4) is 5.75 Å². The van der Waals surface area contributed by atoms with Gasteiger partial charge in [-0.15, -0.1) is 0 Å². The summed E-state index contributed by atoms with van der Waals surface area (Å²) in [7, 11) is 2.91. The van der Waals surface area contributed by atoms with Crippen LogP contribution in [0.5, 0.6) is 5.75 Å². The SMILES string of the molecule is CN(C)[C@@H]1C(O)C(C(N)=O)C(=O)[C@]2(O)C(=O)C3=C(O)c4c(O)cccc4[C@@](C)(O)[C@@H]3[C@H](O)[C@H]12. The highest BCUT2D eigenvalue weighted by Crippen LogP contribution is 2.56. The lowest BCUT2D eigenvalue weighted by Gasteiger charge is -2.57. The molecule has 8 N–H and O–H groups in total. The predicted octanol–water partition coefficient (Wildman–Crippen LogP) is -2.24. The molecule has 1 aromatic carbocycles. The van der Waals surface area contributed by atoms with Crippen molar-refractivity contribution in [3.05, 3.63) is 34.9 Å². The molecule has 2 unspecified atom stereocenters. The van der Waals surface area contributed by atoms with Gasteiger partial charge in [-0.05, 0) is 32.6 Å². The van der Waals surface area contributed by atoms with Crippen molar-refractivity contribution in [2.24, 2.45) is 23.5 Å². The van der Waals surface area contributed by atoms with E-state index in [1.54, 1.807) is 0 Å². The lowest BCUT2D eigenvalue weighted by atomic mass is 9.51. The number of aromatic hydroxyl groups is 1. The number of rotatable bonds is 2. The van der Waals surface area contributed by atoms with E-state index in [9.17, 15) is 45.0 Å². The molecule has 3 aliphatic carbocycles. The minimum absolute atomic E-state index is 0.0186. The molecule has 1 amide bonds. The molecule has 2 fully saturated rings. The molecule has 0 radical (unpaired) electrons. The van der Waals surface area contributed by atoms with Gasteiger partial charge in [-0.25, -0.2) is 0 Å². The molecule has 0 bridgehead atoms. The lowest BCUT2D eigenvalue weighted by Crippen LogP contribution is -2.77. The molecule has 2 saturated carbocycles. The molecule has 8 atom stereocenters. The van der Waals surface area contributed by atoms with E-state index < -0.39 is 81.8 Å². The van der Waals surface area contributed by atoms with Gasteiger partial charge in [0.1, 0.15) is 17.4 Å². The summed E-state index contributed by atoms with van der Waals surface area (Å²) in [6, 6.07) is 2.71. The van der Waals surface area contributed by atoms with Gasteiger partial charge in [0.05, 0.1) is 34.9 Å². The van der Waals surface area contributed by atoms with Gasteiger partial charge in [0.15, 0.2) is 11.4 Å². The van der Waals surface area contributed by atoms with E-state index in [4.69, 9.17) is 5.73 Å². The Morgan fingerprint density at radius 3 is 2.24 bits per heavy atom. The Morgan fingerprint density at radius 2 is 1.70 bits per heavy atom. The van der Waals surface area contributed by atoms with Gasteiger partial charge in [-0.3, -0.25) is 14.4 Å². The summed E-state index contributed by atoms with van der Waals surface area (Å²) >= 11 is 0. The van der Waals surface area contributed by atoms with Crippen LogP contribution >= 0.6 is 0 Å². The van der Waals surface area contributed by atoms with Crippen molar-refractivity contribution in [2.75, 3.05) is 14.1 Å². The number of phenols is 1. The Kier molecular flexibility index (Phi) is 5.01. The van der Waals surface area contributed by atoms with Crippen molar-refractivity contribution in [2.45, 2.75) is 36.4 Å². The van der Waals surface area contributed by atoms with Crippen molar-refractivity contribution in [1.29, 1.82) is 0 Å². The number of hydrogen-bond acceptors (Lipinski definition) is 10. The highest BCUT2D eigenvalue weighted by molar-refractivity contribution is 6.25. The number of primary amides is 1. The van der Waals surface area contributed by atoms with Crippen molar-refractivity contribution in [3.63, 3.8) is 0 Å². The molecule has 0 aliphatic heterocycles. The van der Waals surface area contributed by atoms with Crippen LogP contribution in [0.4, 0.5) is 0 Å². The zero-order chi connectivity index (χ0) is 24.8. The van der Waals surface area contributed by atoms with Gasteiger partial charge in [0.2, 0.25) is 11.7 Å². The second-order valence-corrected chi connectivity index (χ2v) is 9.39. The van der Waals surface area contributed by atoms with Gasteiger partial charge >= 0.3 is 0 Å². The standard InChI is InChI=1S/C22H26N2O9/c1-21(32)7-5-4-6-8(25)9(7)15(26)10-12(21)17(28)13-14(24(2)3)16(27)11(20(23)31)19(30)22(13,33)18(10)29/h4-6,11-14,16-17,25-28,32-33H,1-3H3,(H2,23,31)/t11?,12-,13-,14-,16?,17-,21+,22+/m0/s1. The Balaban J connectivity index is 2.05. The van der Waals surface area contributed by atoms with Crippen LogP contribution in [0.25, 0.3) is 5.76 Å². The molecule has 0 heterocycles. The zero-order valence-electron chi connectivity index (χ0n) is 18.1. The van der Waals surface area contributed by atoms with Crippen LogP contribution in [0.1, 0.15) is 18.1 Å². The van der Waals surface area contributed by atoms with Crippen molar-refractivity contribution in [1.82, 2.24) is 4.90 Å². The summed E-state index contributed by atoms with van der Waals surface area (Å²) in [6.07, 6.45) is -3.60. The quantitative estimate of drug-likeness (QED) is 0.236. The monoisotopic (exact) mass is 462 g/mol. The summed E-state index contributed by atoms with van der Waals surface area (Å²) < 4.78 is 0. The van der Waals surface area contributed by atoms with E-state index in [0.717, 1.165) is 0 Å². The van der Waals surface area contributed by atoms with E-state index in [2.05, 4.69) is 0 Å². The molecule has 1 aromatic rings. The first-order valence-corrected chi connectivity index (χ1v) is 10.3. The summed E-state index contributed by atoms with van der Waals surface area (Å²) in [5, 5.41) is 66.4. The average molecular weight is 462 g/mol. The van der Waals surface area contributed by atoms with Crippen LogP contribution in [0.15, 0.2) is 23.8 Å². The normalized spacial score (nSPS) is 40.4. The number of Topliss-reactive ketones (excluding diaryl/α,β-unsaturated/α-hetero) is 2. The largest absolute Gasteiger partial charge is 0.507 e. The minimum Gasteiger partial charge on any atom is -0.507 e. The van der Waals surface area contributed by atoms with E-state index >= 15 is 0 Å². The van der Waals surface area contributed by atoms with Crippen LogP contribution in [0.2, 0.25) is 0 Å². The maximum absolute atomic E-state index is 13.7. The van der Waals surface area contributed by atoms with Crippen LogP contribution in [-0.2, 0) is 20.0 Å². The Hall–Kier alpha value is -2.83. The van der Waals surface area contributed by atoms with Gasteiger partial charge in [0.25, 0.3) is 0 Å². The minimum atomic E-state index is -3.04. The second kappa shape index (κ2) is 7.08. The van der Waals surface area contributed by atoms with Gasteiger partial charge in [0, 0.05) is 12.0 Å². The Morgan fingerprint density at radius 1 is 1.09 bits per heavy atom. The smallest absolute Gasteiger partial charge is 0.230 e. The number of nitrogens with zero attached hydrogens (tertiary/aromatic N) is 1. The summed E-state index contributed by atoms with van der Waals surface area (Å²) in [4.78, 5) is 40.3. The predicted molar refractivity (Wildman–Crippen MR) is 111 cm³/mol. The Labute approximate surface area is 188 Å². The summed E-state index contributed by atoms with van der Waals surface area (Å²) in [5.74, 6) is -10.5. The van der Waals surface area contributed by atoms with Crippen LogP contribution < -0.4 is 5.73 Å². The fourth-order valence-electron chi connectivity index (χ4n) is 5.96. The average Bonchev–Trinajstić information content (AvgIpc) is 2.70. The number of ketones is 2. The van der Waals surface area contributed by atoms with Crippen molar-refractivity contribution >= 4 is 23.2 Å². The maximum Gasteiger partial charge on any atom is 0.230 e. The fraction of sp³-hybridized carbons (Fsp3) is 0.500. The molecule has 11 heteroatoms. The third kappa shape index (κ3) is 2.71. The van der Waals surface area contributed by atoms with E-state index in [1.165, 1.54) is 44.1 Å². The zero-order valence-corrected chi connectivity index (χ0v) is 18.1. The molecule has 0 spiro atoms. The summed E-state index contributed by atoms with van der Waals surface area (Å²) in [5.41, 5.74) is -0.693. The second-order valence-electron chi connectivity index (χ2n) is 9.39. The van der Waals surface area contributed by atoms with Crippen LogP contribution in [0, 0.1) is 17.8 Å². The van der Waals surface area contributed by atoms with Gasteiger partial charge in [-0.2, -0.15) is 0 Å². The topological polar surface area (TPSA) is 202 Å². The number of fused-ring (bicyclic) bond motifs is 3. The number of amides is 1. The van der Waals surface area contributed by atoms with E-state index in [-0.39, 0.29) is 11.1 Å². The van der Waals surface area contributed by atoms with Crippen molar-refractivity contribution < 1.29 is 45.0 Å². The molecule has 33 heavy (non-hydrogen) atoms. The Bertz CT molecular complexity index is 1110. The summed E-state index contributed by atoms with van der Waals surface area (Å²) in [6.45, 7) is 1.27. The molecular formula is C22H26N2O9. The number of nitrogens with two attached hydrogens (primary N) is 1. The lowest BCUT2D eigenvalue weighted by molar-refractivity contribution is -0.207. The van der Waals surface area contributed by atoms with Gasteiger partial charge in [-0.1, -0.05) is 12.1 Å². The van der Waals surface area contributed by atoms with E-state index in [1.807, 2.05) is 0 Å². The molecule has 3 aliphatic rings. The van der Waals surface area contributed by atoms with E-state index in [0.29, 0.717) is 0 Å². The molecule has 178 valence electrons. The van der Waals surface area contributed by atoms with Crippen LogP contribution in [0.3, 0.4) is 0 Å². The first kappa shape index (κ1) is 23.3. The maximum atomic E-state index is 13.7. The molecule has 11 nitrogen and oxygen atoms in total. The van der Waals surface area contributed by atoms with Crippen LogP contribution in [-0.4, -0.2) is 91.0 Å². The third-order valence-electron chi connectivity index (χ3n) is 7.40. The molecule has 0 saturated heterocycles. The van der Waals surface area contributed by atoms with Gasteiger partial charge < -0.3 is 41.3 Å². The highest BCUT2D eigenvalue weighted by atomic mass is 16.3. The number of carbonyl (C=O) groups is 3. The number of likely N-dealkylation sites (N-methyl/N-ethyl adjacent to an activating group) is 1. The molecule has 0 aromatic heterocycles. The molecule has 4 rings (SSSR count). The number of aliphatic hydroxyl groups is 5. The number of aliphatic hydroxyl groups excluding tert-OH is 3. The third-order valence-corrected chi connectivity index (χ3v) is 7.40. The fourth-order valence-corrected chi connectivity index (χ4v) is 5.96. The molecular weight excluding hydrogens is 436 g/mol. The number of benzene rings is 1. The number of hydrogen-bond donors (Lipinski definition) is 7. The number of carbonyl (C=O) groups excluding carboxylic acids is 3. The first-order valence-electron chi connectivity index (χ1n) is 10.3. The first-order chi connectivity index (χ1) is 15.2.